The molecule has 0 saturated carbocycles. The summed E-state index contributed by atoms with van der Waals surface area (Å²) < 4.78 is 0. The standard InChI is InChI=1S/4C12H14.2C5H11NO.C3H8.C2H7N.CH4/c4*1-9-7-11-5-3-4-6-12(11)8-10(9)2;2*1-3-5(7)6-4-2;1-3-2;1-2-3;/h4*3-6H,7-8H2,1-2H3;2*3-4H2,1-2H3,(H,6,7);3H2,1-2H3;2-3H2,1H3;1H4. The van der Waals surface area contributed by atoms with E-state index in [1.54, 1.807) is 44.6 Å². The van der Waals surface area contributed by atoms with Gasteiger partial charge in [0.1, 0.15) is 0 Å². The summed E-state index contributed by atoms with van der Waals surface area (Å²) in [7, 11) is 0. The van der Waals surface area contributed by atoms with E-state index >= 15 is 0 Å². The number of hydrogen-bond acceptors (Lipinski definition) is 3. The van der Waals surface area contributed by atoms with Gasteiger partial charge in [0.05, 0.1) is 0 Å². The lowest BCUT2D eigenvalue weighted by Crippen LogP contribution is -2.20. The van der Waals surface area contributed by atoms with Gasteiger partial charge in [-0.3, -0.25) is 9.59 Å². The van der Waals surface area contributed by atoms with Gasteiger partial charge in [-0.25, -0.2) is 0 Å². The molecule has 0 spiro atoms. The van der Waals surface area contributed by atoms with Crippen LogP contribution in [0.4, 0.5) is 0 Å². The van der Waals surface area contributed by atoms with E-state index in [0.717, 1.165) is 71.0 Å². The summed E-state index contributed by atoms with van der Waals surface area (Å²) in [5.74, 6) is 0.255. The van der Waals surface area contributed by atoms with Crippen molar-refractivity contribution in [1.29, 1.82) is 0 Å². The van der Waals surface area contributed by atoms with Crippen LogP contribution in [-0.4, -0.2) is 31.4 Å². The third kappa shape index (κ3) is 24.7. The SMILES string of the molecule is C.CC1=C(C)Cc2ccccc2C1.CC1=C(C)Cc2ccccc2C1.CC1=C(C)Cc2ccccc2C1.CC1=C(C)Cc2ccccc2C1.CCC.CCN.CCNC(=O)CC.CCNC(=O)CC. The first-order valence-electron chi connectivity index (χ1n) is 25.6. The third-order valence-electron chi connectivity index (χ3n) is 12.4. The summed E-state index contributed by atoms with van der Waals surface area (Å²) in [5, 5.41) is 5.31. The van der Waals surface area contributed by atoms with Crippen LogP contribution in [0.25, 0.3) is 0 Å². The average Bonchev–Trinajstić information content (AvgIpc) is 3.32. The fourth-order valence-corrected chi connectivity index (χ4v) is 7.75. The summed E-state index contributed by atoms with van der Waals surface area (Å²) in [4.78, 5) is 20.6. The van der Waals surface area contributed by atoms with Gasteiger partial charge in [-0.2, -0.15) is 0 Å². The normalized spacial score (nSPS) is 13.4. The Morgan fingerprint density at radius 3 is 0.580 bits per heavy atom. The van der Waals surface area contributed by atoms with Crippen molar-refractivity contribution < 1.29 is 9.59 Å². The Hall–Kier alpha value is -5.26. The highest BCUT2D eigenvalue weighted by Crippen LogP contribution is 2.28. The number of rotatable bonds is 4. The number of benzene rings is 4. The highest BCUT2D eigenvalue weighted by atomic mass is 16.2. The van der Waals surface area contributed by atoms with E-state index in [1.165, 1.54) is 50.9 Å². The molecule has 5 nitrogen and oxygen atoms in total. The molecule has 0 bridgehead atoms. The van der Waals surface area contributed by atoms with Gasteiger partial charge < -0.3 is 16.4 Å². The van der Waals surface area contributed by atoms with Crippen molar-refractivity contribution in [3.8, 4) is 0 Å². The Morgan fingerprint density at radius 2 is 0.493 bits per heavy atom. The Kier molecular flexibility index (Phi) is 33.9. The van der Waals surface area contributed by atoms with Crippen molar-refractivity contribution in [3.05, 3.63) is 186 Å². The fraction of sp³-hybridized carbons (Fsp3) is 0.469. The first kappa shape index (κ1) is 63.7. The summed E-state index contributed by atoms with van der Waals surface area (Å²) >= 11 is 0. The molecule has 2 amide bonds. The van der Waals surface area contributed by atoms with Gasteiger partial charge in [0.2, 0.25) is 11.8 Å². The highest BCUT2D eigenvalue weighted by molar-refractivity contribution is 5.75. The molecule has 0 atom stereocenters. The number of hydrogen-bond donors (Lipinski definition) is 3. The molecule has 0 saturated heterocycles. The molecule has 0 unspecified atom stereocenters. The van der Waals surface area contributed by atoms with Crippen LogP contribution < -0.4 is 16.4 Å². The van der Waals surface area contributed by atoms with Gasteiger partial charge in [0.15, 0.2) is 0 Å². The van der Waals surface area contributed by atoms with E-state index in [9.17, 15) is 9.59 Å². The van der Waals surface area contributed by atoms with E-state index in [4.69, 9.17) is 5.73 Å². The van der Waals surface area contributed by atoms with Crippen LogP contribution >= 0.6 is 0 Å². The zero-order valence-corrected chi connectivity index (χ0v) is 45.5. The molecular formula is C64H97N3O2. The number of nitrogens with two attached hydrogens (primary N) is 1. The van der Waals surface area contributed by atoms with Crippen molar-refractivity contribution in [2.75, 3.05) is 19.6 Å². The minimum absolute atomic E-state index is 0. The fourth-order valence-electron chi connectivity index (χ4n) is 7.75. The van der Waals surface area contributed by atoms with Gasteiger partial charge in [0.25, 0.3) is 0 Å². The zero-order valence-electron chi connectivity index (χ0n) is 45.5. The molecule has 4 aromatic carbocycles. The van der Waals surface area contributed by atoms with E-state index in [0.29, 0.717) is 12.8 Å². The molecule has 69 heavy (non-hydrogen) atoms. The lowest BCUT2D eigenvalue weighted by atomic mass is 9.88. The first-order valence-corrected chi connectivity index (χ1v) is 25.6. The molecule has 4 aromatic rings. The van der Waals surface area contributed by atoms with Crippen molar-refractivity contribution in [3.63, 3.8) is 0 Å². The first-order chi connectivity index (χ1) is 32.5. The monoisotopic (exact) mass is 940 g/mol. The number of carbonyl (C=O) groups is 2. The third-order valence-corrected chi connectivity index (χ3v) is 12.4. The number of carbonyl (C=O) groups excluding carboxylic acids is 2. The maximum absolute atomic E-state index is 10.3. The van der Waals surface area contributed by atoms with Crippen LogP contribution in [-0.2, 0) is 61.0 Å². The molecule has 0 aliphatic heterocycles. The molecule has 8 rings (SSSR count). The van der Waals surface area contributed by atoms with Crippen molar-refractivity contribution in [1.82, 2.24) is 10.6 Å². The molecular weight excluding hydrogens is 843 g/mol. The Balaban J connectivity index is 0.000000793. The Labute approximate surface area is 423 Å². The second kappa shape index (κ2) is 36.7. The van der Waals surface area contributed by atoms with Crippen LogP contribution in [0, 0.1) is 0 Å². The molecule has 4 aliphatic carbocycles. The van der Waals surface area contributed by atoms with E-state index in [-0.39, 0.29) is 19.2 Å². The topological polar surface area (TPSA) is 84.2 Å². The molecule has 0 radical (unpaired) electrons. The van der Waals surface area contributed by atoms with Gasteiger partial charge in [-0.05, 0) is 172 Å². The van der Waals surface area contributed by atoms with Gasteiger partial charge in [0, 0.05) is 25.9 Å². The van der Waals surface area contributed by atoms with Gasteiger partial charge in [-0.15, -0.1) is 0 Å². The molecule has 5 heteroatoms. The smallest absolute Gasteiger partial charge is 0.219 e. The molecule has 0 fully saturated rings. The largest absolute Gasteiger partial charge is 0.356 e. The van der Waals surface area contributed by atoms with E-state index in [2.05, 4.69) is 177 Å². The predicted octanol–water partition coefficient (Wildman–Crippen LogP) is 15.6. The maximum atomic E-state index is 10.3. The number of allylic oxidation sites excluding steroid dienone is 8. The highest BCUT2D eigenvalue weighted by Gasteiger charge is 2.14. The number of nitrogens with one attached hydrogen (secondary N) is 2. The summed E-state index contributed by atoms with van der Waals surface area (Å²) in [6.07, 6.45) is 11.7. The van der Waals surface area contributed by atoms with Crippen LogP contribution in [0.5, 0.6) is 0 Å². The van der Waals surface area contributed by atoms with E-state index < -0.39 is 0 Å². The minimum Gasteiger partial charge on any atom is -0.356 e. The van der Waals surface area contributed by atoms with Gasteiger partial charge >= 0.3 is 0 Å². The second-order valence-electron chi connectivity index (χ2n) is 18.5. The Bertz CT molecular complexity index is 1820. The molecule has 4 aliphatic rings. The van der Waals surface area contributed by atoms with Crippen LogP contribution in [0.2, 0.25) is 0 Å². The van der Waals surface area contributed by atoms with Crippen molar-refractivity contribution in [2.24, 2.45) is 5.73 Å². The maximum Gasteiger partial charge on any atom is 0.219 e. The summed E-state index contributed by atoms with van der Waals surface area (Å²) in [6.45, 7) is 33.8. The zero-order chi connectivity index (χ0) is 51.0. The quantitative estimate of drug-likeness (QED) is 0.178. The van der Waals surface area contributed by atoms with Crippen LogP contribution in [0.3, 0.4) is 0 Å². The molecule has 4 N–H and O–H groups in total. The van der Waals surface area contributed by atoms with Crippen molar-refractivity contribution in [2.45, 2.75) is 182 Å². The summed E-state index contributed by atoms with van der Waals surface area (Å²) in [5.41, 5.74) is 29.4. The van der Waals surface area contributed by atoms with Crippen LogP contribution in [0.15, 0.2) is 142 Å². The van der Waals surface area contributed by atoms with Crippen molar-refractivity contribution >= 4 is 11.8 Å². The molecule has 380 valence electrons. The number of amides is 2. The molecule has 0 heterocycles. The van der Waals surface area contributed by atoms with Gasteiger partial charge in [-0.1, -0.05) is 190 Å². The number of fused-ring (bicyclic) bond motifs is 4. The van der Waals surface area contributed by atoms with Crippen LogP contribution in [0.1, 0.15) is 175 Å². The lowest BCUT2D eigenvalue weighted by molar-refractivity contribution is -0.121. The predicted molar refractivity (Wildman–Crippen MR) is 304 cm³/mol. The second-order valence-corrected chi connectivity index (χ2v) is 18.5. The summed E-state index contributed by atoms with van der Waals surface area (Å²) in [6, 6.07) is 35.0. The lowest BCUT2D eigenvalue weighted by Gasteiger charge is -2.18. The molecule has 0 aromatic heterocycles. The Morgan fingerprint density at radius 1 is 0.362 bits per heavy atom. The van der Waals surface area contributed by atoms with E-state index in [1.807, 2.05) is 34.6 Å². The average molecular weight is 940 g/mol. The minimum atomic E-state index is 0.